The second-order valence-corrected chi connectivity index (χ2v) is 4.70. The van der Waals surface area contributed by atoms with Crippen molar-refractivity contribution in [3.05, 3.63) is 59.0 Å². The summed E-state index contributed by atoms with van der Waals surface area (Å²) < 4.78 is 10.2. The van der Waals surface area contributed by atoms with Crippen LogP contribution in [-0.2, 0) is 11.3 Å². The second-order valence-electron chi connectivity index (χ2n) is 4.70. The Bertz CT molecular complexity index is 592. The van der Waals surface area contributed by atoms with Crippen molar-refractivity contribution in [3.8, 4) is 0 Å². The summed E-state index contributed by atoms with van der Waals surface area (Å²) in [6.45, 7) is 2.11. The summed E-state index contributed by atoms with van der Waals surface area (Å²) in [6, 6.07) is 11.1. The molecule has 2 rings (SSSR count). The molecule has 0 aliphatic rings. The number of hydrogen-bond acceptors (Lipinski definition) is 5. The Labute approximate surface area is 123 Å². The number of carbonyl (C=O) groups excluding carboxylic acids is 1. The van der Waals surface area contributed by atoms with Gasteiger partial charge in [0.1, 0.15) is 17.1 Å². The molecule has 1 heterocycles. The highest BCUT2D eigenvalue weighted by Crippen LogP contribution is 2.17. The lowest BCUT2D eigenvalue weighted by Crippen LogP contribution is -2.23. The summed E-state index contributed by atoms with van der Waals surface area (Å²) in [5.74, 6) is 0.741. The molecule has 0 fully saturated rings. The van der Waals surface area contributed by atoms with E-state index in [0.29, 0.717) is 23.6 Å². The first kappa shape index (κ1) is 15.3. The molecule has 2 aromatic rings. The minimum Gasteiger partial charge on any atom is -0.465 e. The minimum absolute atomic E-state index is 0.0203. The van der Waals surface area contributed by atoms with Crippen LogP contribution in [0.2, 0.25) is 0 Å². The van der Waals surface area contributed by atoms with Crippen LogP contribution in [0.3, 0.4) is 0 Å². The first-order valence-electron chi connectivity index (χ1n) is 6.72. The van der Waals surface area contributed by atoms with Crippen LogP contribution in [0.4, 0.5) is 0 Å². The highest BCUT2D eigenvalue weighted by atomic mass is 16.5. The van der Waals surface area contributed by atoms with Crippen molar-refractivity contribution in [2.75, 3.05) is 13.7 Å². The number of carbonyl (C=O) groups is 1. The van der Waals surface area contributed by atoms with Gasteiger partial charge >= 0.3 is 5.97 Å². The third-order valence-electron chi connectivity index (χ3n) is 3.28. The van der Waals surface area contributed by atoms with Gasteiger partial charge in [-0.1, -0.05) is 30.3 Å². The summed E-state index contributed by atoms with van der Waals surface area (Å²) in [6.07, 6.45) is 0. The Morgan fingerprint density at radius 3 is 2.71 bits per heavy atom. The molecule has 112 valence electrons. The zero-order valence-corrected chi connectivity index (χ0v) is 12.1. The van der Waals surface area contributed by atoms with E-state index in [1.54, 1.807) is 13.0 Å². The first-order valence-corrected chi connectivity index (χ1v) is 6.72. The number of esters is 1. The van der Waals surface area contributed by atoms with Gasteiger partial charge in [0.25, 0.3) is 0 Å². The summed E-state index contributed by atoms with van der Waals surface area (Å²) in [5, 5.41) is 12.7. The fourth-order valence-corrected chi connectivity index (χ4v) is 2.14. The molecule has 0 bridgehead atoms. The smallest absolute Gasteiger partial charge is 0.341 e. The van der Waals surface area contributed by atoms with E-state index in [0.717, 1.165) is 5.56 Å². The van der Waals surface area contributed by atoms with Gasteiger partial charge < -0.3 is 19.6 Å². The molecular formula is C16H19NO4. The van der Waals surface area contributed by atoms with Crippen LogP contribution in [-0.4, -0.2) is 24.8 Å². The summed E-state index contributed by atoms with van der Waals surface area (Å²) in [4.78, 5) is 11.5. The van der Waals surface area contributed by atoms with Crippen LogP contribution >= 0.6 is 0 Å². The fourth-order valence-electron chi connectivity index (χ4n) is 2.14. The topological polar surface area (TPSA) is 71.7 Å². The monoisotopic (exact) mass is 289 g/mol. The fraction of sp³-hybridized carbons (Fsp3) is 0.312. The number of rotatable bonds is 6. The van der Waals surface area contributed by atoms with E-state index >= 15 is 0 Å². The van der Waals surface area contributed by atoms with Crippen molar-refractivity contribution in [3.63, 3.8) is 0 Å². The highest BCUT2D eigenvalue weighted by molar-refractivity contribution is 5.90. The van der Waals surface area contributed by atoms with Crippen molar-refractivity contribution in [1.82, 2.24) is 5.32 Å². The van der Waals surface area contributed by atoms with Gasteiger partial charge in [-0.2, -0.15) is 0 Å². The zero-order chi connectivity index (χ0) is 15.2. The van der Waals surface area contributed by atoms with Crippen LogP contribution in [0.1, 0.15) is 33.5 Å². The van der Waals surface area contributed by atoms with Gasteiger partial charge in [0.05, 0.1) is 26.3 Å². The normalized spacial score (nSPS) is 12.1. The summed E-state index contributed by atoms with van der Waals surface area (Å²) >= 11 is 0. The largest absolute Gasteiger partial charge is 0.465 e. The Morgan fingerprint density at radius 1 is 1.38 bits per heavy atom. The Morgan fingerprint density at radius 2 is 2.10 bits per heavy atom. The van der Waals surface area contributed by atoms with Crippen molar-refractivity contribution >= 4 is 5.97 Å². The molecule has 0 aliphatic carbocycles. The maximum absolute atomic E-state index is 11.5. The maximum Gasteiger partial charge on any atom is 0.341 e. The van der Waals surface area contributed by atoms with Gasteiger partial charge in [0.15, 0.2) is 0 Å². The molecule has 0 amide bonds. The van der Waals surface area contributed by atoms with Crippen molar-refractivity contribution in [2.45, 2.75) is 19.5 Å². The number of furan rings is 1. The third kappa shape index (κ3) is 3.71. The molecule has 0 spiro atoms. The second kappa shape index (κ2) is 7.06. The molecule has 2 N–H and O–H groups in total. The van der Waals surface area contributed by atoms with Crippen LogP contribution < -0.4 is 5.32 Å². The van der Waals surface area contributed by atoms with Gasteiger partial charge in [0.2, 0.25) is 0 Å². The minimum atomic E-state index is -0.413. The average molecular weight is 289 g/mol. The Kier molecular flexibility index (Phi) is 5.14. The molecule has 5 nitrogen and oxygen atoms in total. The lowest BCUT2D eigenvalue weighted by molar-refractivity contribution is 0.0599. The van der Waals surface area contributed by atoms with E-state index in [4.69, 9.17) is 4.42 Å². The standard InChI is InChI=1S/C16H19NO4/c1-11-14(16(19)20-2)8-13(21-11)9-17-15(10-18)12-6-4-3-5-7-12/h3-8,15,17-18H,9-10H2,1-2H3/t15-/m0/s1. The van der Waals surface area contributed by atoms with Crippen molar-refractivity contribution < 1.29 is 19.1 Å². The number of nitrogens with one attached hydrogen (secondary N) is 1. The van der Waals surface area contributed by atoms with Crippen LogP contribution in [0.25, 0.3) is 0 Å². The maximum atomic E-state index is 11.5. The van der Waals surface area contributed by atoms with E-state index in [1.807, 2.05) is 30.3 Å². The predicted molar refractivity (Wildman–Crippen MR) is 77.9 cm³/mol. The molecule has 5 heteroatoms. The van der Waals surface area contributed by atoms with Crippen LogP contribution in [0.15, 0.2) is 40.8 Å². The first-order chi connectivity index (χ1) is 10.2. The Balaban J connectivity index is 2.04. The average Bonchev–Trinajstić information content (AvgIpc) is 2.89. The highest BCUT2D eigenvalue weighted by Gasteiger charge is 2.16. The molecule has 0 unspecified atom stereocenters. The predicted octanol–water partition coefficient (Wildman–Crippen LogP) is 2.20. The number of aliphatic hydroxyl groups excluding tert-OH is 1. The van der Waals surface area contributed by atoms with E-state index < -0.39 is 5.97 Å². The van der Waals surface area contributed by atoms with E-state index in [2.05, 4.69) is 10.1 Å². The van der Waals surface area contributed by atoms with E-state index in [9.17, 15) is 9.90 Å². The number of methoxy groups -OCH3 is 1. The lowest BCUT2D eigenvalue weighted by Gasteiger charge is -2.15. The molecule has 0 radical (unpaired) electrons. The van der Waals surface area contributed by atoms with Gasteiger partial charge in [-0.15, -0.1) is 0 Å². The Hall–Kier alpha value is -2.11. The van der Waals surface area contributed by atoms with Crippen LogP contribution in [0, 0.1) is 6.92 Å². The zero-order valence-electron chi connectivity index (χ0n) is 12.1. The molecule has 1 aromatic carbocycles. The van der Waals surface area contributed by atoms with Crippen LogP contribution in [0.5, 0.6) is 0 Å². The molecule has 21 heavy (non-hydrogen) atoms. The third-order valence-corrected chi connectivity index (χ3v) is 3.28. The van der Waals surface area contributed by atoms with E-state index in [1.165, 1.54) is 7.11 Å². The molecular weight excluding hydrogens is 270 g/mol. The molecule has 0 saturated heterocycles. The van der Waals surface area contributed by atoms with Crippen molar-refractivity contribution in [1.29, 1.82) is 0 Å². The van der Waals surface area contributed by atoms with Gasteiger partial charge in [0, 0.05) is 0 Å². The molecule has 1 aromatic heterocycles. The van der Waals surface area contributed by atoms with Crippen molar-refractivity contribution in [2.24, 2.45) is 0 Å². The van der Waals surface area contributed by atoms with E-state index in [-0.39, 0.29) is 12.6 Å². The number of hydrogen-bond donors (Lipinski definition) is 2. The lowest BCUT2D eigenvalue weighted by atomic mass is 10.1. The summed E-state index contributed by atoms with van der Waals surface area (Å²) in [7, 11) is 1.34. The van der Waals surface area contributed by atoms with Gasteiger partial charge in [-0.3, -0.25) is 0 Å². The summed E-state index contributed by atoms with van der Waals surface area (Å²) in [5.41, 5.74) is 1.42. The molecule has 0 aliphatic heterocycles. The van der Waals surface area contributed by atoms with Gasteiger partial charge in [-0.05, 0) is 18.6 Å². The molecule has 1 atom stereocenters. The number of ether oxygens (including phenoxy) is 1. The number of benzene rings is 1. The SMILES string of the molecule is COC(=O)c1cc(CN[C@@H](CO)c2ccccc2)oc1C. The molecule has 0 saturated carbocycles. The number of aryl methyl sites for hydroxylation is 1. The van der Waals surface area contributed by atoms with Gasteiger partial charge in [-0.25, -0.2) is 4.79 Å². The number of aliphatic hydroxyl groups is 1. The quantitative estimate of drug-likeness (QED) is 0.798.